The topological polar surface area (TPSA) is 64.4 Å². The highest BCUT2D eigenvalue weighted by atomic mass is 35.5. The molecule has 1 fully saturated rings. The van der Waals surface area contributed by atoms with Crippen molar-refractivity contribution in [2.45, 2.75) is 58.2 Å². The Morgan fingerprint density at radius 1 is 1.33 bits per heavy atom. The van der Waals surface area contributed by atoms with Crippen molar-refractivity contribution in [3.8, 4) is 0 Å². The van der Waals surface area contributed by atoms with Gasteiger partial charge < -0.3 is 15.8 Å². The van der Waals surface area contributed by atoms with Crippen LogP contribution in [-0.4, -0.2) is 25.2 Å². The van der Waals surface area contributed by atoms with Crippen LogP contribution in [0.15, 0.2) is 30.3 Å². The van der Waals surface area contributed by atoms with E-state index in [0.29, 0.717) is 0 Å². The van der Waals surface area contributed by atoms with Crippen LogP contribution < -0.4 is 11.1 Å². The van der Waals surface area contributed by atoms with E-state index in [1.807, 2.05) is 37.3 Å². The van der Waals surface area contributed by atoms with E-state index in [2.05, 4.69) is 19.2 Å². The number of rotatable bonds is 7. The van der Waals surface area contributed by atoms with Gasteiger partial charge in [-0.25, -0.2) is 0 Å². The molecule has 24 heavy (non-hydrogen) atoms. The van der Waals surface area contributed by atoms with Crippen LogP contribution in [0.5, 0.6) is 0 Å². The van der Waals surface area contributed by atoms with Crippen molar-refractivity contribution in [3.05, 3.63) is 35.9 Å². The molecule has 1 aliphatic carbocycles. The molecule has 136 valence electrons. The maximum Gasteiger partial charge on any atom is 0.224 e. The summed E-state index contributed by atoms with van der Waals surface area (Å²) in [5, 5.41) is 3.22. The zero-order valence-electron chi connectivity index (χ0n) is 15.1. The van der Waals surface area contributed by atoms with E-state index in [4.69, 9.17) is 10.5 Å². The molecule has 1 amide bonds. The highest BCUT2D eigenvalue weighted by molar-refractivity contribution is 5.85. The molecule has 4 nitrogen and oxygen atoms in total. The van der Waals surface area contributed by atoms with Crippen LogP contribution in [0.25, 0.3) is 0 Å². The number of carbonyl (C=O) groups excluding carboxylic acids is 1. The summed E-state index contributed by atoms with van der Waals surface area (Å²) in [5.74, 6) is -0.224. The number of hydrogen-bond acceptors (Lipinski definition) is 3. The third-order valence-electron chi connectivity index (χ3n) is 5.84. The second kappa shape index (κ2) is 8.84. The van der Waals surface area contributed by atoms with Gasteiger partial charge in [-0.1, -0.05) is 51.1 Å². The number of carbonyl (C=O) groups is 1. The molecule has 0 aromatic heterocycles. The third-order valence-corrected chi connectivity index (χ3v) is 5.84. The van der Waals surface area contributed by atoms with Gasteiger partial charge in [0.15, 0.2) is 0 Å². The maximum absolute atomic E-state index is 12.6. The number of benzene rings is 1. The molecule has 1 aromatic carbocycles. The summed E-state index contributed by atoms with van der Waals surface area (Å²) in [7, 11) is 1.76. The average Bonchev–Trinajstić information content (AvgIpc) is 2.58. The summed E-state index contributed by atoms with van der Waals surface area (Å²) < 4.78 is 5.60. The van der Waals surface area contributed by atoms with Crippen LogP contribution in [0.1, 0.15) is 51.6 Å². The first-order valence-electron chi connectivity index (χ1n) is 8.63. The molecule has 4 unspecified atom stereocenters. The van der Waals surface area contributed by atoms with Gasteiger partial charge >= 0.3 is 0 Å². The smallest absolute Gasteiger partial charge is 0.224 e. The van der Waals surface area contributed by atoms with Crippen molar-refractivity contribution in [2.75, 3.05) is 7.11 Å². The fourth-order valence-electron chi connectivity index (χ4n) is 3.91. The predicted octanol–water partition coefficient (Wildman–Crippen LogP) is 3.45. The molecule has 0 radical (unpaired) electrons. The van der Waals surface area contributed by atoms with Gasteiger partial charge in [-0.3, -0.25) is 4.79 Å². The Morgan fingerprint density at radius 2 is 1.92 bits per heavy atom. The van der Waals surface area contributed by atoms with Crippen LogP contribution in [0, 0.1) is 11.3 Å². The summed E-state index contributed by atoms with van der Waals surface area (Å²) in [6.45, 7) is 6.25. The van der Waals surface area contributed by atoms with Crippen LogP contribution in [0.2, 0.25) is 0 Å². The third kappa shape index (κ3) is 3.76. The molecular formula is C19H31ClN2O2. The van der Waals surface area contributed by atoms with Crippen molar-refractivity contribution < 1.29 is 9.53 Å². The second-order valence-corrected chi connectivity index (χ2v) is 6.69. The van der Waals surface area contributed by atoms with Gasteiger partial charge in [0, 0.05) is 24.6 Å². The number of ether oxygens (including phenoxy) is 1. The number of halogens is 1. The molecule has 0 aliphatic heterocycles. The Labute approximate surface area is 151 Å². The van der Waals surface area contributed by atoms with Gasteiger partial charge in [0.25, 0.3) is 0 Å². The van der Waals surface area contributed by atoms with E-state index >= 15 is 0 Å². The van der Waals surface area contributed by atoms with E-state index in [0.717, 1.165) is 24.8 Å². The first kappa shape index (κ1) is 20.9. The van der Waals surface area contributed by atoms with Gasteiger partial charge in [0.2, 0.25) is 5.91 Å². The van der Waals surface area contributed by atoms with E-state index < -0.39 is 0 Å². The Bertz CT molecular complexity index is 519. The number of amides is 1. The summed E-state index contributed by atoms with van der Waals surface area (Å²) in [5.41, 5.74) is 7.33. The molecule has 1 saturated carbocycles. The Hall–Kier alpha value is -1.10. The van der Waals surface area contributed by atoms with Crippen LogP contribution in [0.3, 0.4) is 0 Å². The summed E-state index contributed by atoms with van der Waals surface area (Å²) in [6.07, 6.45) is 3.14. The zero-order chi connectivity index (χ0) is 17.0. The summed E-state index contributed by atoms with van der Waals surface area (Å²) in [6, 6.07) is 9.70. The lowest BCUT2D eigenvalue weighted by molar-refractivity contribution is -0.144. The average molecular weight is 355 g/mol. The van der Waals surface area contributed by atoms with Crippen molar-refractivity contribution in [3.63, 3.8) is 0 Å². The summed E-state index contributed by atoms with van der Waals surface area (Å²) in [4.78, 5) is 12.6. The molecule has 2 rings (SSSR count). The number of nitrogens with one attached hydrogen (secondary N) is 1. The van der Waals surface area contributed by atoms with Crippen LogP contribution >= 0.6 is 12.4 Å². The fourth-order valence-corrected chi connectivity index (χ4v) is 3.91. The molecule has 1 aromatic rings. The van der Waals surface area contributed by atoms with Crippen LogP contribution in [0.4, 0.5) is 0 Å². The lowest BCUT2D eigenvalue weighted by Crippen LogP contribution is -2.64. The lowest BCUT2D eigenvalue weighted by Gasteiger charge is -2.55. The minimum absolute atomic E-state index is 0. The van der Waals surface area contributed by atoms with E-state index in [-0.39, 0.29) is 47.8 Å². The zero-order valence-corrected chi connectivity index (χ0v) is 15.9. The lowest BCUT2D eigenvalue weighted by atomic mass is 9.58. The highest BCUT2D eigenvalue weighted by Gasteiger charge is 2.53. The van der Waals surface area contributed by atoms with Crippen molar-refractivity contribution in [1.82, 2.24) is 5.32 Å². The second-order valence-electron chi connectivity index (χ2n) is 6.69. The van der Waals surface area contributed by atoms with Crippen molar-refractivity contribution >= 4 is 18.3 Å². The molecule has 4 atom stereocenters. The Kier molecular flexibility index (Phi) is 7.71. The minimum atomic E-state index is -0.285. The molecule has 0 saturated heterocycles. The molecule has 3 N–H and O–H groups in total. The number of methoxy groups -OCH3 is 1. The van der Waals surface area contributed by atoms with Gasteiger partial charge in [0.1, 0.15) is 0 Å². The Morgan fingerprint density at radius 3 is 2.42 bits per heavy atom. The van der Waals surface area contributed by atoms with E-state index in [9.17, 15) is 4.79 Å². The fraction of sp³-hybridized carbons (Fsp3) is 0.632. The minimum Gasteiger partial charge on any atom is -0.381 e. The summed E-state index contributed by atoms with van der Waals surface area (Å²) >= 11 is 0. The van der Waals surface area contributed by atoms with E-state index in [1.165, 1.54) is 0 Å². The Balaban J connectivity index is 0.00000288. The van der Waals surface area contributed by atoms with Crippen LogP contribution in [-0.2, 0) is 9.53 Å². The van der Waals surface area contributed by atoms with Gasteiger partial charge in [-0.15, -0.1) is 12.4 Å². The predicted molar refractivity (Wildman–Crippen MR) is 100 cm³/mol. The first-order chi connectivity index (χ1) is 11.0. The maximum atomic E-state index is 12.6. The van der Waals surface area contributed by atoms with Crippen molar-refractivity contribution in [2.24, 2.45) is 17.1 Å². The normalized spacial score (nSPS) is 24.2. The molecule has 1 aliphatic rings. The number of hydrogen-bond donors (Lipinski definition) is 2. The SMILES string of the molecule is CCC1(CC)C(NC(=O)C(C)C(N)c2ccccc2)CC1OC.Cl. The molecule has 0 heterocycles. The standard InChI is InChI=1S/C19H30N2O2.ClH/c1-5-19(6-2)15(12-16(19)23-4)21-18(22)13(3)17(20)14-10-8-7-9-11-14;/h7-11,13,15-17H,5-6,12,20H2,1-4H3,(H,21,22);1H. The first-order valence-corrected chi connectivity index (χ1v) is 8.63. The number of nitrogens with two attached hydrogens (primary N) is 1. The quantitative estimate of drug-likeness (QED) is 0.788. The van der Waals surface area contributed by atoms with Crippen molar-refractivity contribution in [1.29, 1.82) is 0 Å². The largest absolute Gasteiger partial charge is 0.381 e. The van der Waals surface area contributed by atoms with E-state index in [1.54, 1.807) is 7.11 Å². The highest BCUT2D eigenvalue weighted by Crippen LogP contribution is 2.48. The monoisotopic (exact) mass is 354 g/mol. The molecule has 0 bridgehead atoms. The van der Waals surface area contributed by atoms with Gasteiger partial charge in [-0.2, -0.15) is 0 Å². The van der Waals surface area contributed by atoms with Gasteiger partial charge in [-0.05, 0) is 24.8 Å². The van der Waals surface area contributed by atoms with Gasteiger partial charge in [0.05, 0.1) is 12.0 Å². The molecular weight excluding hydrogens is 324 g/mol. The molecule has 5 heteroatoms. The molecule has 0 spiro atoms.